The molecule has 1 saturated heterocycles. The lowest BCUT2D eigenvalue weighted by molar-refractivity contribution is 0.0168. The van der Waals surface area contributed by atoms with Crippen LogP contribution in [0.25, 0.3) is 0 Å². The normalized spacial score (nSPS) is 17.5. The number of rotatable bonds is 10. The molecule has 0 amide bonds. The molecule has 0 aliphatic carbocycles. The van der Waals surface area contributed by atoms with Gasteiger partial charge in [0.15, 0.2) is 0 Å². The molecule has 0 unspecified atom stereocenters. The predicted molar refractivity (Wildman–Crippen MR) is 69.2 cm³/mol. The summed E-state index contributed by atoms with van der Waals surface area (Å²) in [6.45, 7) is 5.52. The number of nitrogens with one attached hydrogen (secondary N) is 1. The summed E-state index contributed by atoms with van der Waals surface area (Å²) in [5.41, 5.74) is 0. The molecule has 0 atom stereocenters. The lowest BCUT2D eigenvalue weighted by Gasteiger charge is -2.26. The molecule has 0 saturated carbocycles. The molecule has 18 heavy (non-hydrogen) atoms. The highest BCUT2D eigenvalue weighted by atomic mass is 19.3. The number of likely N-dealkylation sites (tertiary alicyclic amines) is 1. The fraction of sp³-hybridized carbons (Fsp3) is 1.00. The summed E-state index contributed by atoms with van der Waals surface area (Å²) in [6, 6.07) is 0. The summed E-state index contributed by atoms with van der Waals surface area (Å²) in [7, 11) is 0. The molecule has 0 aromatic rings. The Hall–Kier alpha value is -0.260. The Balaban J connectivity index is 1.75. The summed E-state index contributed by atoms with van der Waals surface area (Å²) >= 11 is 0. The number of nitrogens with zero attached hydrogens (tertiary/aromatic N) is 1. The molecule has 1 fully saturated rings. The third-order valence-corrected chi connectivity index (χ3v) is 3.16. The molecule has 1 N–H and O–H groups in total. The molecular weight excluding hydrogens is 238 g/mol. The van der Waals surface area contributed by atoms with Crippen LogP contribution < -0.4 is 5.32 Å². The van der Waals surface area contributed by atoms with Gasteiger partial charge in [0.25, 0.3) is 6.43 Å². The van der Waals surface area contributed by atoms with Crippen LogP contribution in [-0.4, -0.2) is 57.3 Å². The zero-order chi connectivity index (χ0) is 13.1. The van der Waals surface area contributed by atoms with E-state index in [4.69, 9.17) is 4.74 Å². The Morgan fingerprint density at radius 3 is 2.50 bits per heavy atom. The molecule has 1 aliphatic rings. The highest BCUT2D eigenvalue weighted by Gasteiger charge is 2.08. The lowest BCUT2D eigenvalue weighted by Crippen LogP contribution is -2.32. The zero-order valence-corrected chi connectivity index (χ0v) is 11.2. The topological polar surface area (TPSA) is 24.5 Å². The van der Waals surface area contributed by atoms with Gasteiger partial charge < -0.3 is 15.0 Å². The fourth-order valence-corrected chi connectivity index (χ4v) is 2.21. The van der Waals surface area contributed by atoms with Gasteiger partial charge in [0, 0.05) is 6.61 Å². The van der Waals surface area contributed by atoms with Crippen LogP contribution in [-0.2, 0) is 4.74 Å². The Labute approximate surface area is 109 Å². The third kappa shape index (κ3) is 8.78. The van der Waals surface area contributed by atoms with E-state index in [0.717, 1.165) is 25.9 Å². The van der Waals surface area contributed by atoms with Gasteiger partial charge in [-0.15, -0.1) is 0 Å². The van der Waals surface area contributed by atoms with E-state index in [1.54, 1.807) is 0 Å². The number of halogens is 2. The van der Waals surface area contributed by atoms with Crippen molar-refractivity contribution < 1.29 is 13.5 Å². The Morgan fingerprint density at radius 2 is 1.78 bits per heavy atom. The van der Waals surface area contributed by atoms with E-state index < -0.39 is 13.0 Å². The minimum absolute atomic E-state index is 0.420. The van der Waals surface area contributed by atoms with Gasteiger partial charge in [-0.1, -0.05) is 6.42 Å². The van der Waals surface area contributed by atoms with Gasteiger partial charge >= 0.3 is 0 Å². The van der Waals surface area contributed by atoms with Gasteiger partial charge in [-0.3, -0.25) is 0 Å². The number of piperidine rings is 1. The first kappa shape index (κ1) is 15.8. The molecule has 0 aromatic carbocycles. The van der Waals surface area contributed by atoms with Crippen molar-refractivity contribution in [2.45, 2.75) is 38.5 Å². The van der Waals surface area contributed by atoms with Crippen LogP contribution in [0.2, 0.25) is 0 Å². The zero-order valence-electron chi connectivity index (χ0n) is 11.2. The quantitative estimate of drug-likeness (QED) is 0.612. The van der Waals surface area contributed by atoms with E-state index >= 15 is 0 Å². The van der Waals surface area contributed by atoms with Crippen LogP contribution in [0.15, 0.2) is 0 Å². The van der Waals surface area contributed by atoms with Crippen LogP contribution in [0.5, 0.6) is 0 Å². The van der Waals surface area contributed by atoms with Gasteiger partial charge in [0.1, 0.15) is 6.61 Å². The number of ether oxygens (including phenoxy) is 1. The number of hydrogen-bond acceptors (Lipinski definition) is 3. The highest BCUT2D eigenvalue weighted by Crippen LogP contribution is 2.08. The molecule has 1 rings (SSSR count). The predicted octanol–water partition coefficient (Wildman–Crippen LogP) is 2.12. The monoisotopic (exact) mass is 264 g/mol. The van der Waals surface area contributed by atoms with Crippen molar-refractivity contribution in [3.63, 3.8) is 0 Å². The van der Waals surface area contributed by atoms with Crippen molar-refractivity contribution >= 4 is 0 Å². The van der Waals surface area contributed by atoms with Gasteiger partial charge in [-0.2, -0.15) is 0 Å². The van der Waals surface area contributed by atoms with Crippen molar-refractivity contribution in [2.75, 3.05) is 45.9 Å². The van der Waals surface area contributed by atoms with Crippen LogP contribution in [0, 0.1) is 0 Å². The molecule has 5 heteroatoms. The first-order valence-corrected chi connectivity index (χ1v) is 7.08. The molecule has 0 spiro atoms. The standard InChI is InChI=1S/C13H26F2N2O/c14-13(15)12-18-11-5-7-16-6-4-10-17-8-2-1-3-9-17/h13,16H,1-12H2. The maximum Gasteiger partial charge on any atom is 0.261 e. The Kier molecular flexibility index (Phi) is 9.34. The van der Waals surface area contributed by atoms with Gasteiger partial charge in [0.05, 0.1) is 0 Å². The Bertz CT molecular complexity index is 188. The van der Waals surface area contributed by atoms with E-state index in [-0.39, 0.29) is 0 Å². The fourth-order valence-electron chi connectivity index (χ4n) is 2.21. The first-order valence-electron chi connectivity index (χ1n) is 7.08. The lowest BCUT2D eigenvalue weighted by atomic mass is 10.1. The van der Waals surface area contributed by atoms with Crippen molar-refractivity contribution in [2.24, 2.45) is 0 Å². The van der Waals surface area contributed by atoms with Crippen molar-refractivity contribution in [3.8, 4) is 0 Å². The number of hydrogen-bond donors (Lipinski definition) is 1. The number of alkyl halides is 2. The van der Waals surface area contributed by atoms with Crippen molar-refractivity contribution in [3.05, 3.63) is 0 Å². The SMILES string of the molecule is FC(F)COCCCNCCCN1CCCCC1. The molecular formula is C13H26F2N2O. The summed E-state index contributed by atoms with van der Waals surface area (Å²) in [5, 5.41) is 3.32. The molecule has 108 valence electrons. The van der Waals surface area contributed by atoms with Crippen LogP contribution >= 0.6 is 0 Å². The second-order valence-corrected chi connectivity index (χ2v) is 4.83. The molecule has 1 aliphatic heterocycles. The van der Waals surface area contributed by atoms with E-state index in [1.165, 1.54) is 38.9 Å². The summed E-state index contributed by atoms with van der Waals surface area (Å²) in [4.78, 5) is 2.52. The third-order valence-electron chi connectivity index (χ3n) is 3.16. The second kappa shape index (κ2) is 10.6. The van der Waals surface area contributed by atoms with Gasteiger partial charge in [0.2, 0.25) is 0 Å². The second-order valence-electron chi connectivity index (χ2n) is 4.83. The summed E-state index contributed by atoms with van der Waals surface area (Å²) in [5.74, 6) is 0. The maximum absolute atomic E-state index is 11.7. The molecule has 3 nitrogen and oxygen atoms in total. The summed E-state index contributed by atoms with van der Waals surface area (Å²) in [6.07, 6.45) is 3.69. The van der Waals surface area contributed by atoms with Crippen LogP contribution in [0.1, 0.15) is 32.1 Å². The smallest absolute Gasteiger partial charge is 0.261 e. The molecule has 1 heterocycles. The molecule has 0 bridgehead atoms. The minimum Gasteiger partial charge on any atom is -0.375 e. The van der Waals surface area contributed by atoms with Crippen molar-refractivity contribution in [1.29, 1.82) is 0 Å². The highest BCUT2D eigenvalue weighted by molar-refractivity contribution is 4.64. The van der Waals surface area contributed by atoms with E-state index in [0.29, 0.717) is 6.61 Å². The van der Waals surface area contributed by atoms with E-state index in [9.17, 15) is 8.78 Å². The molecule has 0 aromatic heterocycles. The van der Waals surface area contributed by atoms with Gasteiger partial charge in [-0.05, 0) is 58.4 Å². The molecule has 0 radical (unpaired) electrons. The Morgan fingerprint density at radius 1 is 1.06 bits per heavy atom. The van der Waals surface area contributed by atoms with Crippen molar-refractivity contribution in [1.82, 2.24) is 10.2 Å². The average Bonchev–Trinajstić information content (AvgIpc) is 2.37. The minimum atomic E-state index is -2.34. The van der Waals surface area contributed by atoms with Gasteiger partial charge in [-0.25, -0.2) is 8.78 Å². The maximum atomic E-state index is 11.7. The van der Waals surface area contributed by atoms with E-state index in [1.807, 2.05) is 0 Å². The average molecular weight is 264 g/mol. The first-order chi connectivity index (χ1) is 8.79. The van der Waals surface area contributed by atoms with Crippen LogP contribution in [0.3, 0.4) is 0 Å². The summed E-state index contributed by atoms with van der Waals surface area (Å²) < 4.78 is 28.3. The van der Waals surface area contributed by atoms with E-state index in [2.05, 4.69) is 10.2 Å². The largest absolute Gasteiger partial charge is 0.375 e. The van der Waals surface area contributed by atoms with Crippen LogP contribution in [0.4, 0.5) is 8.78 Å².